The van der Waals surface area contributed by atoms with E-state index in [1.807, 2.05) is 0 Å². The number of carbonyl (C=O) groups is 1. The van der Waals surface area contributed by atoms with Crippen LogP contribution in [-0.4, -0.2) is 38.5 Å². The summed E-state index contributed by atoms with van der Waals surface area (Å²) in [5, 5.41) is 8.76. The lowest BCUT2D eigenvalue weighted by Gasteiger charge is -2.11. The van der Waals surface area contributed by atoms with Crippen LogP contribution in [0.4, 0.5) is 4.39 Å². The Bertz CT molecular complexity index is 534. The molecule has 0 saturated carbocycles. The smallest absolute Gasteiger partial charge is 0.251 e. The fourth-order valence-electron chi connectivity index (χ4n) is 1.58. The quantitative estimate of drug-likeness (QED) is 0.216. The third-order valence-corrected chi connectivity index (χ3v) is 2.77. The highest BCUT2D eigenvalue weighted by molar-refractivity contribution is 14.0. The Balaban J connectivity index is 0.00000441. The van der Waals surface area contributed by atoms with Gasteiger partial charge in [-0.2, -0.15) is 0 Å². The number of aryl methyl sites for hydroxylation is 1. The van der Waals surface area contributed by atoms with E-state index in [9.17, 15) is 9.18 Å². The summed E-state index contributed by atoms with van der Waals surface area (Å²) < 4.78 is 13.4. The molecule has 0 heterocycles. The first-order valence-electron chi connectivity index (χ1n) is 6.68. The van der Waals surface area contributed by atoms with E-state index in [0.29, 0.717) is 36.7 Å². The van der Waals surface area contributed by atoms with E-state index in [-0.39, 0.29) is 35.7 Å². The van der Waals surface area contributed by atoms with Crippen LogP contribution in [0.5, 0.6) is 0 Å². The van der Waals surface area contributed by atoms with Crippen molar-refractivity contribution in [3.05, 3.63) is 47.8 Å². The number of hydrogen-bond acceptors (Lipinski definition) is 2. The third-order valence-electron chi connectivity index (χ3n) is 2.77. The second-order valence-electron chi connectivity index (χ2n) is 4.39. The van der Waals surface area contributed by atoms with Gasteiger partial charge >= 0.3 is 0 Å². The molecule has 3 N–H and O–H groups in total. The standard InChI is InChI=1S/C15H21FN4O.HI/c1-4-7-19-15(17-3)20-9-8-18-14(21)12-6-5-11(2)13(16)10-12;/h4-6,10H,1,7-9H2,2-3H3,(H,18,21)(H2,17,19,20);1H. The van der Waals surface area contributed by atoms with Crippen LogP contribution in [0, 0.1) is 12.7 Å². The van der Waals surface area contributed by atoms with E-state index in [4.69, 9.17) is 0 Å². The third kappa shape index (κ3) is 6.88. The number of benzene rings is 1. The average Bonchev–Trinajstić information content (AvgIpc) is 2.49. The van der Waals surface area contributed by atoms with Crippen LogP contribution in [0.3, 0.4) is 0 Å². The minimum absolute atomic E-state index is 0. The van der Waals surface area contributed by atoms with Gasteiger partial charge in [0.05, 0.1) is 0 Å². The Morgan fingerprint density at radius 1 is 1.32 bits per heavy atom. The molecule has 0 aliphatic rings. The molecule has 0 spiro atoms. The molecule has 0 unspecified atom stereocenters. The average molecular weight is 420 g/mol. The number of aliphatic imine (C=N–C) groups is 1. The molecule has 22 heavy (non-hydrogen) atoms. The first-order chi connectivity index (χ1) is 10.1. The van der Waals surface area contributed by atoms with Crippen LogP contribution in [0.25, 0.3) is 0 Å². The van der Waals surface area contributed by atoms with Crippen molar-refractivity contribution in [2.45, 2.75) is 6.92 Å². The molecular formula is C15H22FIN4O. The van der Waals surface area contributed by atoms with E-state index < -0.39 is 0 Å². The zero-order valence-corrected chi connectivity index (χ0v) is 15.1. The molecule has 0 bridgehead atoms. The van der Waals surface area contributed by atoms with Gasteiger partial charge < -0.3 is 16.0 Å². The lowest BCUT2D eigenvalue weighted by atomic mass is 10.1. The maximum atomic E-state index is 13.4. The second kappa shape index (κ2) is 11.0. The summed E-state index contributed by atoms with van der Waals surface area (Å²) in [5.74, 6) is -0.0509. The van der Waals surface area contributed by atoms with Crippen molar-refractivity contribution in [3.8, 4) is 0 Å². The maximum Gasteiger partial charge on any atom is 0.251 e. The number of halogens is 2. The van der Waals surface area contributed by atoms with Gasteiger partial charge in [-0.05, 0) is 24.6 Å². The van der Waals surface area contributed by atoms with Crippen molar-refractivity contribution in [1.29, 1.82) is 0 Å². The molecule has 1 aromatic carbocycles. The van der Waals surface area contributed by atoms with Gasteiger partial charge in [-0.1, -0.05) is 12.1 Å². The number of carbonyl (C=O) groups excluding carboxylic acids is 1. The lowest BCUT2D eigenvalue weighted by molar-refractivity contribution is 0.0954. The molecule has 1 rings (SSSR count). The van der Waals surface area contributed by atoms with Gasteiger partial charge in [0.15, 0.2) is 5.96 Å². The molecule has 122 valence electrons. The molecule has 0 fully saturated rings. The van der Waals surface area contributed by atoms with Gasteiger partial charge in [-0.15, -0.1) is 30.6 Å². The monoisotopic (exact) mass is 420 g/mol. The molecule has 7 heteroatoms. The van der Waals surface area contributed by atoms with Crippen molar-refractivity contribution in [2.75, 3.05) is 26.7 Å². The Hall–Kier alpha value is -1.64. The summed E-state index contributed by atoms with van der Waals surface area (Å²) in [6.07, 6.45) is 1.72. The van der Waals surface area contributed by atoms with Crippen LogP contribution in [-0.2, 0) is 0 Å². The molecule has 1 aromatic rings. The SMILES string of the molecule is C=CCNC(=NC)NCCNC(=O)c1ccc(C)c(F)c1.I. The Morgan fingerprint density at radius 2 is 2.00 bits per heavy atom. The molecule has 0 atom stereocenters. The summed E-state index contributed by atoms with van der Waals surface area (Å²) in [6, 6.07) is 4.43. The fourth-order valence-corrected chi connectivity index (χ4v) is 1.58. The van der Waals surface area contributed by atoms with E-state index in [0.717, 1.165) is 0 Å². The highest BCUT2D eigenvalue weighted by atomic mass is 127. The predicted molar refractivity (Wildman–Crippen MR) is 98.4 cm³/mol. The number of nitrogens with zero attached hydrogens (tertiary/aromatic N) is 1. The number of amides is 1. The summed E-state index contributed by atoms with van der Waals surface area (Å²) >= 11 is 0. The van der Waals surface area contributed by atoms with Gasteiger partial charge in [-0.3, -0.25) is 9.79 Å². The van der Waals surface area contributed by atoms with E-state index in [1.165, 1.54) is 6.07 Å². The van der Waals surface area contributed by atoms with Gasteiger partial charge in [0.1, 0.15) is 5.82 Å². The second-order valence-corrected chi connectivity index (χ2v) is 4.39. The number of hydrogen-bond donors (Lipinski definition) is 3. The highest BCUT2D eigenvalue weighted by Crippen LogP contribution is 2.08. The number of nitrogens with one attached hydrogen (secondary N) is 3. The summed E-state index contributed by atoms with van der Waals surface area (Å²) in [5.41, 5.74) is 0.831. The van der Waals surface area contributed by atoms with E-state index >= 15 is 0 Å². The zero-order chi connectivity index (χ0) is 15.7. The van der Waals surface area contributed by atoms with Crippen molar-refractivity contribution in [1.82, 2.24) is 16.0 Å². The predicted octanol–water partition coefficient (Wildman–Crippen LogP) is 1.83. The molecule has 0 aliphatic heterocycles. The summed E-state index contributed by atoms with van der Waals surface area (Å²) in [7, 11) is 1.66. The molecule has 5 nitrogen and oxygen atoms in total. The van der Waals surface area contributed by atoms with Crippen LogP contribution in [0.15, 0.2) is 35.8 Å². The van der Waals surface area contributed by atoms with Crippen molar-refractivity contribution in [2.24, 2.45) is 4.99 Å². The van der Waals surface area contributed by atoms with Gasteiger partial charge in [0, 0.05) is 32.2 Å². The Kier molecular flexibility index (Phi) is 10.2. The van der Waals surface area contributed by atoms with E-state index in [2.05, 4.69) is 27.5 Å². The summed E-state index contributed by atoms with van der Waals surface area (Å²) in [4.78, 5) is 15.8. The zero-order valence-electron chi connectivity index (χ0n) is 12.8. The van der Waals surface area contributed by atoms with Crippen molar-refractivity contribution in [3.63, 3.8) is 0 Å². The Morgan fingerprint density at radius 3 is 2.59 bits per heavy atom. The molecule has 0 aromatic heterocycles. The first-order valence-corrected chi connectivity index (χ1v) is 6.68. The molecular weight excluding hydrogens is 398 g/mol. The highest BCUT2D eigenvalue weighted by Gasteiger charge is 2.07. The normalized spacial score (nSPS) is 10.4. The van der Waals surface area contributed by atoms with Crippen LogP contribution in [0.2, 0.25) is 0 Å². The Labute approximate surface area is 147 Å². The maximum absolute atomic E-state index is 13.4. The van der Waals surface area contributed by atoms with Crippen LogP contribution in [0.1, 0.15) is 15.9 Å². The molecule has 0 aliphatic carbocycles. The number of guanidine groups is 1. The van der Waals surface area contributed by atoms with E-state index in [1.54, 1.807) is 32.2 Å². The summed E-state index contributed by atoms with van der Waals surface area (Å²) in [6.45, 7) is 6.78. The lowest BCUT2D eigenvalue weighted by Crippen LogP contribution is -2.41. The molecule has 1 amide bonds. The fraction of sp³-hybridized carbons (Fsp3) is 0.333. The van der Waals surface area contributed by atoms with Crippen LogP contribution >= 0.6 is 24.0 Å². The van der Waals surface area contributed by atoms with Gasteiger partial charge in [-0.25, -0.2) is 4.39 Å². The largest absolute Gasteiger partial charge is 0.355 e. The minimum atomic E-state index is -0.380. The van der Waals surface area contributed by atoms with Crippen molar-refractivity contribution < 1.29 is 9.18 Å². The topological polar surface area (TPSA) is 65.5 Å². The minimum Gasteiger partial charge on any atom is -0.355 e. The first kappa shape index (κ1) is 20.4. The number of rotatable bonds is 6. The van der Waals surface area contributed by atoms with Gasteiger partial charge in [0.2, 0.25) is 0 Å². The van der Waals surface area contributed by atoms with Crippen LogP contribution < -0.4 is 16.0 Å². The molecule has 0 radical (unpaired) electrons. The van der Waals surface area contributed by atoms with Gasteiger partial charge in [0.25, 0.3) is 5.91 Å². The molecule has 0 saturated heterocycles. The van der Waals surface area contributed by atoms with Crippen molar-refractivity contribution >= 4 is 35.8 Å².